The van der Waals surface area contributed by atoms with Gasteiger partial charge in [-0.1, -0.05) is 13.8 Å². The first kappa shape index (κ1) is 12.8. The third kappa shape index (κ3) is 2.97. The molecule has 2 aromatic rings. The zero-order valence-corrected chi connectivity index (χ0v) is 11.4. The summed E-state index contributed by atoms with van der Waals surface area (Å²) in [6, 6.07) is 4.32. The lowest BCUT2D eigenvalue weighted by Crippen LogP contribution is -2.03. The summed E-state index contributed by atoms with van der Waals surface area (Å²) in [6.45, 7) is 4.54. The van der Waals surface area contributed by atoms with Crippen molar-refractivity contribution in [3.63, 3.8) is 0 Å². The molecule has 0 spiro atoms. The fourth-order valence-corrected chi connectivity index (χ4v) is 2.37. The van der Waals surface area contributed by atoms with Crippen LogP contribution in [-0.2, 0) is 7.05 Å². The molecule has 2 unspecified atom stereocenters. The molecule has 0 aliphatic carbocycles. The summed E-state index contributed by atoms with van der Waals surface area (Å²) >= 11 is 0. The van der Waals surface area contributed by atoms with Gasteiger partial charge in [0.15, 0.2) is 0 Å². The number of rotatable bonds is 5. The highest BCUT2D eigenvalue weighted by atomic mass is 14.9. The molecule has 0 saturated carbocycles. The minimum absolute atomic E-state index is 0.522. The lowest BCUT2D eigenvalue weighted by molar-refractivity contribution is 0.552. The van der Waals surface area contributed by atoms with Gasteiger partial charge in [0.1, 0.15) is 6.33 Å². The van der Waals surface area contributed by atoms with Crippen molar-refractivity contribution < 1.29 is 0 Å². The Hall–Kier alpha value is -1.64. The van der Waals surface area contributed by atoms with Crippen LogP contribution in [0.3, 0.4) is 0 Å². The van der Waals surface area contributed by atoms with Crippen molar-refractivity contribution >= 4 is 0 Å². The van der Waals surface area contributed by atoms with Gasteiger partial charge in [-0.15, -0.1) is 0 Å². The summed E-state index contributed by atoms with van der Waals surface area (Å²) in [5.74, 6) is 1.12. The summed E-state index contributed by atoms with van der Waals surface area (Å²) in [7, 11) is 2.11. The molecule has 3 nitrogen and oxygen atoms in total. The number of aromatic nitrogens is 3. The predicted octanol–water partition coefficient (Wildman–Crippen LogP) is 3.50. The van der Waals surface area contributed by atoms with E-state index in [-0.39, 0.29) is 0 Å². The van der Waals surface area contributed by atoms with E-state index in [0.29, 0.717) is 11.8 Å². The number of aryl methyl sites for hydroxylation is 1. The van der Waals surface area contributed by atoms with Crippen molar-refractivity contribution in [3.8, 4) is 0 Å². The smallest absolute Gasteiger partial charge is 0.115 e. The summed E-state index contributed by atoms with van der Waals surface area (Å²) in [5.41, 5.74) is 2.64. The molecule has 0 radical (unpaired) electrons. The first-order chi connectivity index (χ1) is 8.68. The van der Waals surface area contributed by atoms with Crippen LogP contribution in [-0.4, -0.2) is 14.5 Å². The number of hydrogen-bond donors (Lipinski definition) is 0. The third-order valence-corrected chi connectivity index (χ3v) is 3.67. The molecule has 3 heteroatoms. The van der Waals surface area contributed by atoms with E-state index in [4.69, 9.17) is 0 Å². The van der Waals surface area contributed by atoms with E-state index in [2.05, 4.69) is 53.8 Å². The second kappa shape index (κ2) is 5.80. The first-order valence-corrected chi connectivity index (χ1v) is 6.54. The number of hydrogen-bond acceptors (Lipinski definition) is 2. The molecular formula is C15H21N3. The molecule has 0 N–H and O–H groups in total. The Bertz CT molecular complexity index is 475. The minimum atomic E-state index is 0.522. The van der Waals surface area contributed by atoms with Crippen LogP contribution in [0.15, 0.2) is 37.1 Å². The molecule has 96 valence electrons. The Morgan fingerprint density at radius 2 is 1.78 bits per heavy atom. The van der Waals surface area contributed by atoms with Gasteiger partial charge < -0.3 is 4.57 Å². The lowest BCUT2D eigenvalue weighted by atomic mass is 9.92. The molecule has 2 atom stereocenters. The topological polar surface area (TPSA) is 30.7 Å². The maximum Gasteiger partial charge on any atom is 0.115 e. The van der Waals surface area contributed by atoms with E-state index < -0.39 is 0 Å². The van der Waals surface area contributed by atoms with Crippen LogP contribution in [0.2, 0.25) is 0 Å². The Morgan fingerprint density at radius 3 is 2.39 bits per heavy atom. The molecule has 18 heavy (non-hydrogen) atoms. The average Bonchev–Trinajstić information content (AvgIpc) is 2.83. The quantitative estimate of drug-likeness (QED) is 0.804. The van der Waals surface area contributed by atoms with Crippen molar-refractivity contribution in [2.45, 2.75) is 38.5 Å². The van der Waals surface area contributed by atoms with Crippen LogP contribution >= 0.6 is 0 Å². The molecule has 2 heterocycles. The molecule has 0 saturated heterocycles. The summed E-state index contributed by atoms with van der Waals surface area (Å²) in [5, 5.41) is 0. The van der Waals surface area contributed by atoms with Crippen LogP contribution in [0.4, 0.5) is 0 Å². The molecular weight excluding hydrogens is 222 g/mol. The standard InChI is InChI=1S/C15H21N3/c1-12(14-9-16-11-17-10-14)6-7-13(2)15-5-4-8-18(15)3/h4-5,8-13H,6-7H2,1-3H3. The van der Waals surface area contributed by atoms with Crippen molar-refractivity contribution in [1.82, 2.24) is 14.5 Å². The molecule has 2 rings (SSSR count). The minimum Gasteiger partial charge on any atom is -0.354 e. The normalized spacial score (nSPS) is 14.4. The summed E-state index contributed by atoms with van der Waals surface area (Å²) in [6.07, 6.45) is 9.90. The maximum atomic E-state index is 4.08. The monoisotopic (exact) mass is 243 g/mol. The van der Waals surface area contributed by atoms with Crippen molar-refractivity contribution in [2.24, 2.45) is 7.05 Å². The second-order valence-electron chi connectivity index (χ2n) is 5.10. The van der Waals surface area contributed by atoms with Gasteiger partial charge in [-0.05, 0) is 42.4 Å². The molecule has 2 aromatic heterocycles. The average molecular weight is 243 g/mol. The van der Waals surface area contributed by atoms with Gasteiger partial charge >= 0.3 is 0 Å². The molecule has 0 fully saturated rings. The zero-order valence-electron chi connectivity index (χ0n) is 11.4. The van der Waals surface area contributed by atoms with Gasteiger partial charge in [0.25, 0.3) is 0 Å². The molecule has 0 aliphatic heterocycles. The highest BCUT2D eigenvalue weighted by Crippen LogP contribution is 2.26. The molecule has 0 aromatic carbocycles. The van der Waals surface area contributed by atoms with E-state index in [1.807, 2.05) is 12.4 Å². The van der Waals surface area contributed by atoms with Crippen LogP contribution in [0.5, 0.6) is 0 Å². The summed E-state index contributed by atoms with van der Waals surface area (Å²) < 4.78 is 2.21. The van der Waals surface area contributed by atoms with Crippen LogP contribution < -0.4 is 0 Å². The van der Waals surface area contributed by atoms with Crippen LogP contribution in [0, 0.1) is 0 Å². The van der Waals surface area contributed by atoms with Crippen molar-refractivity contribution in [1.29, 1.82) is 0 Å². The third-order valence-electron chi connectivity index (χ3n) is 3.67. The maximum absolute atomic E-state index is 4.08. The Labute approximate surface area is 109 Å². The number of nitrogens with zero attached hydrogens (tertiary/aromatic N) is 3. The van der Waals surface area contributed by atoms with E-state index in [1.165, 1.54) is 24.1 Å². The van der Waals surface area contributed by atoms with Crippen molar-refractivity contribution in [2.75, 3.05) is 0 Å². The second-order valence-corrected chi connectivity index (χ2v) is 5.10. The Kier molecular flexibility index (Phi) is 4.13. The van der Waals surface area contributed by atoms with Gasteiger partial charge in [-0.25, -0.2) is 9.97 Å². The molecule has 0 aliphatic rings. The van der Waals surface area contributed by atoms with Gasteiger partial charge in [0.05, 0.1) is 0 Å². The largest absolute Gasteiger partial charge is 0.354 e. The SMILES string of the molecule is CC(CCC(C)c1cccn1C)c1cncnc1. The fourth-order valence-electron chi connectivity index (χ4n) is 2.37. The molecule has 0 bridgehead atoms. The molecule has 0 amide bonds. The first-order valence-electron chi connectivity index (χ1n) is 6.54. The zero-order chi connectivity index (χ0) is 13.0. The van der Waals surface area contributed by atoms with Gasteiger partial charge in [-0.2, -0.15) is 0 Å². The fraction of sp³-hybridized carbons (Fsp3) is 0.467. The van der Waals surface area contributed by atoms with E-state index in [9.17, 15) is 0 Å². The van der Waals surface area contributed by atoms with Gasteiger partial charge in [0.2, 0.25) is 0 Å². The van der Waals surface area contributed by atoms with E-state index in [0.717, 1.165) is 0 Å². The van der Waals surface area contributed by atoms with E-state index >= 15 is 0 Å². The highest BCUT2D eigenvalue weighted by Gasteiger charge is 2.12. The Morgan fingerprint density at radius 1 is 1.11 bits per heavy atom. The Balaban J connectivity index is 1.90. The van der Waals surface area contributed by atoms with Gasteiger partial charge in [-0.3, -0.25) is 0 Å². The van der Waals surface area contributed by atoms with Crippen molar-refractivity contribution in [3.05, 3.63) is 48.3 Å². The summed E-state index contributed by atoms with van der Waals surface area (Å²) in [4.78, 5) is 8.16. The predicted molar refractivity (Wildman–Crippen MR) is 73.5 cm³/mol. The lowest BCUT2D eigenvalue weighted by Gasteiger charge is -2.16. The highest BCUT2D eigenvalue weighted by molar-refractivity contribution is 5.12. The van der Waals surface area contributed by atoms with E-state index in [1.54, 1.807) is 6.33 Å². The van der Waals surface area contributed by atoms with Crippen LogP contribution in [0.25, 0.3) is 0 Å². The van der Waals surface area contributed by atoms with Crippen LogP contribution in [0.1, 0.15) is 49.8 Å². The van der Waals surface area contributed by atoms with Gasteiger partial charge in [0, 0.05) is 31.3 Å².